The van der Waals surface area contributed by atoms with Crippen molar-refractivity contribution in [2.24, 2.45) is 0 Å². The van der Waals surface area contributed by atoms with Crippen molar-refractivity contribution in [3.05, 3.63) is 40.5 Å². The Kier molecular flexibility index (Phi) is 4.15. The molecule has 8 heteroatoms. The van der Waals surface area contributed by atoms with E-state index in [-0.39, 0.29) is 6.54 Å². The van der Waals surface area contributed by atoms with Gasteiger partial charge in [-0.1, -0.05) is 22.8 Å². The number of carbonyl (C=O) groups is 1. The minimum atomic E-state index is -0.398. The molecule has 0 aliphatic heterocycles. The average Bonchev–Trinajstić information content (AvgIpc) is 3.25. The highest BCUT2D eigenvalue weighted by Gasteiger charge is 2.28. The van der Waals surface area contributed by atoms with Gasteiger partial charge in [-0.3, -0.25) is 10.9 Å². The Labute approximate surface area is 132 Å². The lowest BCUT2D eigenvalue weighted by Crippen LogP contribution is -2.38. The summed E-state index contributed by atoms with van der Waals surface area (Å²) in [5, 5.41) is 7.15. The quantitative estimate of drug-likeness (QED) is 0.736. The number of rotatable bonds is 5. The minimum Gasteiger partial charge on any atom is -0.337 e. The SMILES string of the molecule is Cc1c(Cl)cccc1NNC(=O)NCc1nc(C2CC2)no1. The molecule has 3 N–H and O–H groups in total. The van der Waals surface area contributed by atoms with E-state index in [1.807, 2.05) is 13.0 Å². The maximum absolute atomic E-state index is 11.7. The second-order valence-corrected chi connectivity index (χ2v) is 5.57. The third-order valence-electron chi connectivity index (χ3n) is 3.40. The fourth-order valence-corrected chi connectivity index (χ4v) is 2.09. The van der Waals surface area contributed by atoms with Crippen LogP contribution in [0.3, 0.4) is 0 Å². The number of hydrazine groups is 1. The van der Waals surface area contributed by atoms with E-state index in [0.29, 0.717) is 16.8 Å². The summed E-state index contributed by atoms with van der Waals surface area (Å²) in [6.45, 7) is 2.05. The number of nitrogens with one attached hydrogen (secondary N) is 3. The van der Waals surface area contributed by atoms with Gasteiger partial charge in [-0.05, 0) is 37.5 Å². The molecule has 1 aliphatic carbocycles. The summed E-state index contributed by atoms with van der Waals surface area (Å²) in [5.41, 5.74) is 6.93. The number of hydrogen-bond donors (Lipinski definition) is 3. The molecule has 3 rings (SSSR count). The summed E-state index contributed by atoms with van der Waals surface area (Å²) in [4.78, 5) is 16.0. The van der Waals surface area contributed by atoms with Crippen molar-refractivity contribution in [1.82, 2.24) is 20.9 Å². The summed E-state index contributed by atoms with van der Waals surface area (Å²) >= 11 is 6.01. The lowest BCUT2D eigenvalue weighted by molar-refractivity contribution is 0.240. The number of aromatic nitrogens is 2. The summed E-state index contributed by atoms with van der Waals surface area (Å²) in [6.07, 6.45) is 2.21. The zero-order valence-electron chi connectivity index (χ0n) is 12.0. The lowest BCUT2D eigenvalue weighted by Gasteiger charge is -2.11. The Morgan fingerprint density at radius 3 is 3.05 bits per heavy atom. The highest BCUT2D eigenvalue weighted by molar-refractivity contribution is 6.31. The van der Waals surface area contributed by atoms with Crippen molar-refractivity contribution in [1.29, 1.82) is 0 Å². The number of halogens is 1. The minimum absolute atomic E-state index is 0.182. The van der Waals surface area contributed by atoms with Crippen molar-refractivity contribution in [2.45, 2.75) is 32.2 Å². The largest absolute Gasteiger partial charge is 0.337 e. The van der Waals surface area contributed by atoms with E-state index >= 15 is 0 Å². The van der Waals surface area contributed by atoms with Crippen LogP contribution in [0.4, 0.5) is 10.5 Å². The number of carbonyl (C=O) groups excluding carboxylic acids is 1. The van der Waals surface area contributed by atoms with Crippen LogP contribution in [0.2, 0.25) is 5.02 Å². The molecule has 0 bridgehead atoms. The van der Waals surface area contributed by atoms with Crippen LogP contribution in [-0.2, 0) is 6.54 Å². The van der Waals surface area contributed by atoms with Gasteiger partial charge in [-0.25, -0.2) is 4.79 Å². The van der Waals surface area contributed by atoms with Gasteiger partial charge in [-0.2, -0.15) is 4.98 Å². The van der Waals surface area contributed by atoms with Crippen molar-refractivity contribution < 1.29 is 9.32 Å². The maximum Gasteiger partial charge on any atom is 0.333 e. The van der Waals surface area contributed by atoms with Gasteiger partial charge < -0.3 is 9.84 Å². The molecule has 2 aromatic rings. The van der Waals surface area contributed by atoms with E-state index in [1.165, 1.54) is 0 Å². The van der Waals surface area contributed by atoms with E-state index in [1.54, 1.807) is 12.1 Å². The summed E-state index contributed by atoms with van der Waals surface area (Å²) < 4.78 is 5.07. The van der Waals surface area contributed by atoms with Crippen LogP contribution >= 0.6 is 11.6 Å². The molecule has 1 fully saturated rings. The molecule has 1 aliphatic rings. The molecule has 2 amide bonds. The third-order valence-corrected chi connectivity index (χ3v) is 3.81. The molecule has 0 saturated heterocycles. The van der Waals surface area contributed by atoms with Crippen LogP contribution in [-0.4, -0.2) is 16.2 Å². The van der Waals surface area contributed by atoms with Crippen molar-refractivity contribution in [3.8, 4) is 0 Å². The van der Waals surface area contributed by atoms with Crippen LogP contribution in [0.1, 0.15) is 36.0 Å². The molecule has 1 aromatic carbocycles. The first kappa shape index (κ1) is 14.6. The zero-order valence-corrected chi connectivity index (χ0v) is 12.8. The third kappa shape index (κ3) is 3.48. The molecule has 1 aromatic heterocycles. The van der Waals surface area contributed by atoms with Crippen LogP contribution in [0.5, 0.6) is 0 Å². The number of benzene rings is 1. The Bertz CT molecular complexity index is 684. The van der Waals surface area contributed by atoms with Crippen LogP contribution in [0.15, 0.2) is 22.7 Å². The monoisotopic (exact) mass is 321 g/mol. The standard InChI is InChI=1S/C14H16ClN5O2/c1-8-10(15)3-2-4-11(8)18-19-14(21)16-7-12-17-13(20-22-12)9-5-6-9/h2-4,9,18H,5-7H2,1H3,(H2,16,19,21). The molecule has 116 valence electrons. The van der Waals surface area contributed by atoms with Crippen molar-refractivity contribution in [3.63, 3.8) is 0 Å². The Morgan fingerprint density at radius 1 is 1.45 bits per heavy atom. The predicted octanol–water partition coefficient (Wildman–Crippen LogP) is 2.74. The summed E-state index contributed by atoms with van der Waals surface area (Å²) in [5.74, 6) is 1.56. The number of amides is 2. The lowest BCUT2D eigenvalue weighted by atomic mass is 10.2. The molecule has 0 spiro atoms. The fraction of sp³-hybridized carbons (Fsp3) is 0.357. The molecule has 1 saturated carbocycles. The smallest absolute Gasteiger partial charge is 0.333 e. The highest BCUT2D eigenvalue weighted by Crippen LogP contribution is 2.38. The topological polar surface area (TPSA) is 92.1 Å². The first-order chi connectivity index (χ1) is 10.6. The number of urea groups is 1. The van der Waals surface area contributed by atoms with Gasteiger partial charge in [0.2, 0.25) is 5.89 Å². The number of hydrogen-bond acceptors (Lipinski definition) is 5. The molecule has 7 nitrogen and oxygen atoms in total. The molecule has 22 heavy (non-hydrogen) atoms. The molecule has 0 atom stereocenters. The Balaban J connectivity index is 1.46. The van der Waals surface area contributed by atoms with E-state index in [9.17, 15) is 4.79 Å². The zero-order chi connectivity index (χ0) is 15.5. The molecular formula is C14H16ClN5O2. The Morgan fingerprint density at radius 2 is 2.27 bits per heavy atom. The predicted molar refractivity (Wildman–Crippen MR) is 81.5 cm³/mol. The van der Waals surface area contributed by atoms with Crippen molar-refractivity contribution >= 4 is 23.3 Å². The van der Waals surface area contributed by atoms with Gasteiger partial charge >= 0.3 is 6.03 Å². The first-order valence-electron chi connectivity index (χ1n) is 7.01. The first-order valence-corrected chi connectivity index (χ1v) is 7.38. The van der Waals surface area contributed by atoms with E-state index in [2.05, 4.69) is 26.3 Å². The molecular weight excluding hydrogens is 306 g/mol. The van der Waals surface area contributed by atoms with Gasteiger partial charge in [0, 0.05) is 10.9 Å². The van der Waals surface area contributed by atoms with Gasteiger partial charge in [0.1, 0.15) is 0 Å². The molecule has 1 heterocycles. The van der Waals surface area contributed by atoms with Gasteiger partial charge in [0.15, 0.2) is 5.82 Å². The van der Waals surface area contributed by atoms with E-state index in [4.69, 9.17) is 16.1 Å². The fourth-order valence-electron chi connectivity index (χ4n) is 1.91. The summed E-state index contributed by atoms with van der Waals surface area (Å²) in [6, 6.07) is 5.01. The number of anilines is 1. The van der Waals surface area contributed by atoms with Crippen LogP contribution < -0.4 is 16.2 Å². The second kappa shape index (κ2) is 6.23. The van der Waals surface area contributed by atoms with Gasteiger partial charge in [0.05, 0.1) is 12.2 Å². The maximum atomic E-state index is 11.7. The highest BCUT2D eigenvalue weighted by atomic mass is 35.5. The second-order valence-electron chi connectivity index (χ2n) is 5.17. The van der Waals surface area contributed by atoms with Crippen molar-refractivity contribution in [2.75, 3.05) is 5.43 Å². The van der Waals surface area contributed by atoms with Crippen LogP contribution in [0, 0.1) is 6.92 Å². The normalized spacial score (nSPS) is 13.7. The Hall–Kier alpha value is -2.28. The molecule has 0 radical (unpaired) electrons. The average molecular weight is 322 g/mol. The molecule has 0 unspecified atom stereocenters. The summed E-state index contributed by atoms with van der Waals surface area (Å²) in [7, 11) is 0. The van der Waals surface area contributed by atoms with E-state index < -0.39 is 6.03 Å². The van der Waals surface area contributed by atoms with Gasteiger partial charge in [-0.15, -0.1) is 0 Å². The van der Waals surface area contributed by atoms with E-state index in [0.717, 1.165) is 29.9 Å². The van der Waals surface area contributed by atoms with Crippen LogP contribution in [0.25, 0.3) is 0 Å². The van der Waals surface area contributed by atoms with Gasteiger partial charge in [0.25, 0.3) is 0 Å². The number of nitrogens with zero attached hydrogens (tertiary/aromatic N) is 2.